The van der Waals surface area contributed by atoms with Crippen LogP contribution in [0.1, 0.15) is 33.4 Å². The maximum Gasteiger partial charge on any atom is 0.0945 e. The highest BCUT2D eigenvalue weighted by Crippen LogP contribution is 2.14. The van der Waals surface area contributed by atoms with E-state index in [0.717, 1.165) is 17.8 Å². The first kappa shape index (κ1) is 15.0. The van der Waals surface area contributed by atoms with Crippen molar-refractivity contribution in [2.75, 3.05) is 18.5 Å². The van der Waals surface area contributed by atoms with Gasteiger partial charge in [0.1, 0.15) is 0 Å². The number of rotatable bonds is 6. The van der Waals surface area contributed by atoms with E-state index >= 15 is 0 Å². The summed E-state index contributed by atoms with van der Waals surface area (Å²) in [7, 11) is 1.89. The molecule has 0 bridgehead atoms. The zero-order valence-electron chi connectivity index (χ0n) is 12.0. The summed E-state index contributed by atoms with van der Waals surface area (Å²) in [6.45, 7) is 8.79. The highest BCUT2D eigenvalue weighted by molar-refractivity contribution is 5.46. The summed E-state index contributed by atoms with van der Waals surface area (Å²) < 4.78 is 7.31. The number of nitrogens with zero attached hydrogens (tertiary/aromatic N) is 2. The van der Waals surface area contributed by atoms with E-state index in [1.807, 2.05) is 34.0 Å². The smallest absolute Gasteiger partial charge is 0.0945 e. The van der Waals surface area contributed by atoms with Gasteiger partial charge in [-0.3, -0.25) is 4.68 Å². The second kappa shape index (κ2) is 6.20. The van der Waals surface area contributed by atoms with Gasteiger partial charge in [0.25, 0.3) is 0 Å². The highest BCUT2D eigenvalue weighted by Gasteiger charge is 2.14. The maximum absolute atomic E-state index is 9.83. The molecule has 5 heteroatoms. The van der Waals surface area contributed by atoms with Crippen LogP contribution in [0, 0.1) is 0 Å². The minimum absolute atomic E-state index is 0.218. The quantitative estimate of drug-likeness (QED) is 0.810. The monoisotopic (exact) mass is 255 g/mol. The lowest BCUT2D eigenvalue weighted by Crippen LogP contribution is -2.30. The number of nitrogens with one attached hydrogen (secondary N) is 1. The van der Waals surface area contributed by atoms with Gasteiger partial charge in [-0.05, 0) is 27.2 Å². The molecule has 1 unspecified atom stereocenters. The number of hydrogen-bond acceptors (Lipinski definition) is 4. The fourth-order valence-electron chi connectivity index (χ4n) is 1.58. The van der Waals surface area contributed by atoms with Gasteiger partial charge in [-0.1, -0.05) is 6.92 Å². The molecular formula is C13H25N3O2. The van der Waals surface area contributed by atoms with Crippen LogP contribution in [0.25, 0.3) is 0 Å². The lowest BCUT2D eigenvalue weighted by Gasteiger charge is -2.22. The van der Waals surface area contributed by atoms with Crippen molar-refractivity contribution in [3.8, 4) is 0 Å². The van der Waals surface area contributed by atoms with E-state index in [0.29, 0.717) is 13.2 Å². The summed E-state index contributed by atoms with van der Waals surface area (Å²) in [6, 6.07) is 0. The molecule has 1 aromatic rings. The Morgan fingerprint density at radius 2 is 2.17 bits per heavy atom. The lowest BCUT2D eigenvalue weighted by atomic mass is 10.2. The van der Waals surface area contributed by atoms with Crippen LogP contribution in [0.2, 0.25) is 0 Å². The molecular weight excluding hydrogens is 230 g/mol. The molecule has 1 rings (SSSR count). The van der Waals surface area contributed by atoms with Crippen LogP contribution in [0.5, 0.6) is 0 Å². The van der Waals surface area contributed by atoms with E-state index in [4.69, 9.17) is 4.74 Å². The summed E-state index contributed by atoms with van der Waals surface area (Å²) in [5.41, 5.74) is 1.78. The molecule has 0 aliphatic carbocycles. The Kier molecular flexibility index (Phi) is 5.16. The minimum Gasteiger partial charge on any atom is -0.389 e. The molecule has 18 heavy (non-hydrogen) atoms. The topological polar surface area (TPSA) is 59.3 Å². The average molecular weight is 255 g/mol. The van der Waals surface area contributed by atoms with Gasteiger partial charge < -0.3 is 15.2 Å². The van der Waals surface area contributed by atoms with Gasteiger partial charge in [0.2, 0.25) is 0 Å². The molecule has 0 saturated heterocycles. The van der Waals surface area contributed by atoms with Gasteiger partial charge in [0, 0.05) is 19.8 Å². The molecule has 5 nitrogen and oxygen atoms in total. The number of anilines is 1. The Labute approximate surface area is 109 Å². The van der Waals surface area contributed by atoms with Gasteiger partial charge in [-0.15, -0.1) is 0 Å². The molecule has 0 aliphatic rings. The highest BCUT2D eigenvalue weighted by atomic mass is 16.5. The Bertz CT molecular complexity index is 369. The number of aliphatic hydroxyl groups is 1. The normalized spacial score (nSPS) is 13.7. The first-order chi connectivity index (χ1) is 8.31. The van der Waals surface area contributed by atoms with Crippen molar-refractivity contribution in [1.82, 2.24) is 9.78 Å². The Morgan fingerprint density at radius 1 is 1.50 bits per heavy atom. The molecule has 0 aromatic carbocycles. The van der Waals surface area contributed by atoms with E-state index < -0.39 is 6.10 Å². The summed E-state index contributed by atoms with van der Waals surface area (Å²) in [5.74, 6) is 0. The van der Waals surface area contributed by atoms with Crippen molar-refractivity contribution in [3.05, 3.63) is 11.9 Å². The standard InChI is InChI=1S/C13H25N3O2/c1-6-11-12(8-16(5)15-11)14-7-10(17)9-18-13(2,3)4/h8,10,14,17H,6-7,9H2,1-5H3. The predicted octanol–water partition coefficient (Wildman–Crippen LogP) is 1.57. The SMILES string of the molecule is CCc1nn(C)cc1NCC(O)COC(C)(C)C. The van der Waals surface area contributed by atoms with Crippen molar-refractivity contribution in [2.45, 2.75) is 45.8 Å². The fraction of sp³-hybridized carbons (Fsp3) is 0.769. The zero-order chi connectivity index (χ0) is 13.8. The van der Waals surface area contributed by atoms with Crippen LogP contribution < -0.4 is 5.32 Å². The van der Waals surface area contributed by atoms with Crippen LogP contribution in [0.15, 0.2) is 6.20 Å². The van der Waals surface area contributed by atoms with Crippen molar-refractivity contribution in [3.63, 3.8) is 0 Å². The molecule has 2 N–H and O–H groups in total. The summed E-state index contributed by atoms with van der Waals surface area (Å²) in [4.78, 5) is 0. The summed E-state index contributed by atoms with van der Waals surface area (Å²) >= 11 is 0. The molecule has 1 heterocycles. The minimum atomic E-state index is -0.519. The molecule has 0 aliphatic heterocycles. The first-order valence-corrected chi connectivity index (χ1v) is 6.40. The number of aryl methyl sites for hydroxylation is 2. The van der Waals surface area contributed by atoms with Crippen molar-refractivity contribution < 1.29 is 9.84 Å². The second-order valence-corrected chi connectivity index (χ2v) is 5.47. The molecule has 104 valence electrons. The largest absolute Gasteiger partial charge is 0.389 e. The fourth-order valence-corrected chi connectivity index (χ4v) is 1.58. The van der Waals surface area contributed by atoms with Gasteiger partial charge in [0.15, 0.2) is 0 Å². The third-order valence-corrected chi connectivity index (χ3v) is 2.48. The third kappa shape index (κ3) is 5.06. The molecule has 0 radical (unpaired) electrons. The number of hydrogen-bond donors (Lipinski definition) is 2. The van der Waals surface area contributed by atoms with Crippen molar-refractivity contribution >= 4 is 5.69 Å². The molecule has 1 aromatic heterocycles. The zero-order valence-corrected chi connectivity index (χ0v) is 12.0. The van der Waals surface area contributed by atoms with Crippen LogP contribution in [0.3, 0.4) is 0 Å². The molecule has 0 fully saturated rings. The van der Waals surface area contributed by atoms with Crippen molar-refractivity contribution in [1.29, 1.82) is 0 Å². The van der Waals surface area contributed by atoms with Crippen LogP contribution >= 0.6 is 0 Å². The van der Waals surface area contributed by atoms with Crippen LogP contribution in [-0.4, -0.2) is 39.7 Å². The van der Waals surface area contributed by atoms with Crippen LogP contribution in [-0.2, 0) is 18.2 Å². The summed E-state index contributed by atoms with van der Waals surface area (Å²) in [5, 5.41) is 17.4. The molecule has 0 saturated carbocycles. The number of aliphatic hydroxyl groups excluding tert-OH is 1. The number of ether oxygens (including phenoxy) is 1. The molecule has 1 atom stereocenters. The van der Waals surface area contributed by atoms with Gasteiger partial charge in [-0.2, -0.15) is 5.10 Å². The molecule has 0 amide bonds. The van der Waals surface area contributed by atoms with E-state index in [-0.39, 0.29) is 5.60 Å². The van der Waals surface area contributed by atoms with Gasteiger partial charge >= 0.3 is 0 Å². The second-order valence-electron chi connectivity index (χ2n) is 5.47. The number of aromatic nitrogens is 2. The average Bonchev–Trinajstić information content (AvgIpc) is 2.63. The molecule has 0 spiro atoms. The predicted molar refractivity (Wildman–Crippen MR) is 72.8 cm³/mol. The maximum atomic E-state index is 9.83. The Hall–Kier alpha value is -1.07. The van der Waals surface area contributed by atoms with Crippen molar-refractivity contribution in [2.24, 2.45) is 7.05 Å². The Morgan fingerprint density at radius 3 is 2.72 bits per heavy atom. The first-order valence-electron chi connectivity index (χ1n) is 6.40. The van der Waals surface area contributed by atoms with E-state index in [2.05, 4.69) is 17.3 Å². The Balaban J connectivity index is 2.40. The van der Waals surface area contributed by atoms with E-state index in [1.165, 1.54) is 0 Å². The van der Waals surface area contributed by atoms with E-state index in [1.54, 1.807) is 4.68 Å². The van der Waals surface area contributed by atoms with Crippen LogP contribution in [0.4, 0.5) is 5.69 Å². The third-order valence-electron chi connectivity index (χ3n) is 2.48. The van der Waals surface area contributed by atoms with Gasteiger partial charge in [0.05, 0.1) is 29.7 Å². The lowest BCUT2D eigenvalue weighted by molar-refractivity contribution is -0.0449. The summed E-state index contributed by atoms with van der Waals surface area (Å²) in [6.07, 6.45) is 2.28. The van der Waals surface area contributed by atoms with E-state index in [9.17, 15) is 5.11 Å². The van der Waals surface area contributed by atoms with Gasteiger partial charge in [-0.25, -0.2) is 0 Å².